The van der Waals surface area contributed by atoms with Crippen molar-refractivity contribution >= 4 is 5.91 Å². The van der Waals surface area contributed by atoms with Gasteiger partial charge in [-0.15, -0.1) is 0 Å². The van der Waals surface area contributed by atoms with Crippen LogP contribution in [0.1, 0.15) is 46.0 Å². The Hall–Kier alpha value is -0.650. The molecule has 3 N–H and O–H groups in total. The molecule has 0 spiro atoms. The minimum atomic E-state index is -0.622. The highest BCUT2D eigenvalue weighted by molar-refractivity contribution is 5.84. The van der Waals surface area contributed by atoms with Crippen molar-refractivity contribution < 1.29 is 14.3 Å². The first-order valence-electron chi connectivity index (χ1n) is 7.33. The van der Waals surface area contributed by atoms with Gasteiger partial charge < -0.3 is 20.5 Å². The average Bonchev–Trinajstić information content (AvgIpc) is 2.89. The van der Waals surface area contributed by atoms with Crippen molar-refractivity contribution in [2.45, 2.75) is 57.6 Å². The number of carbonyl (C=O) groups is 1. The zero-order valence-electron chi connectivity index (χ0n) is 12.2. The van der Waals surface area contributed by atoms with Crippen molar-refractivity contribution in [3.8, 4) is 0 Å². The summed E-state index contributed by atoms with van der Waals surface area (Å²) in [6, 6.07) is 0. The van der Waals surface area contributed by atoms with Gasteiger partial charge in [0.05, 0.1) is 18.2 Å². The molecule has 0 radical (unpaired) electrons. The zero-order valence-corrected chi connectivity index (χ0v) is 12.2. The molecule has 0 aromatic rings. The van der Waals surface area contributed by atoms with E-state index in [9.17, 15) is 4.79 Å². The molecule has 19 heavy (non-hydrogen) atoms. The van der Waals surface area contributed by atoms with Crippen LogP contribution in [0.25, 0.3) is 0 Å². The molecular weight excluding hydrogens is 244 g/mol. The fourth-order valence-electron chi connectivity index (χ4n) is 2.22. The van der Waals surface area contributed by atoms with E-state index in [4.69, 9.17) is 15.2 Å². The lowest BCUT2D eigenvalue weighted by Gasteiger charge is -2.27. The Bertz CT molecular complexity index is 267. The minimum absolute atomic E-state index is 0.265. The molecule has 0 aromatic carbocycles. The van der Waals surface area contributed by atoms with Gasteiger partial charge in [0.1, 0.15) is 0 Å². The maximum atomic E-state index is 11.5. The Morgan fingerprint density at radius 3 is 2.95 bits per heavy atom. The van der Waals surface area contributed by atoms with E-state index in [2.05, 4.69) is 12.2 Å². The van der Waals surface area contributed by atoms with E-state index >= 15 is 0 Å². The Morgan fingerprint density at radius 2 is 2.37 bits per heavy atom. The van der Waals surface area contributed by atoms with E-state index in [0.717, 1.165) is 38.8 Å². The molecule has 1 heterocycles. The summed E-state index contributed by atoms with van der Waals surface area (Å²) in [5, 5.41) is 3.22. The van der Waals surface area contributed by atoms with Crippen molar-refractivity contribution in [3.63, 3.8) is 0 Å². The third kappa shape index (κ3) is 5.89. The molecule has 1 saturated heterocycles. The summed E-state index contributed by atoms with van der Waals surface area (Å²) >= 11 is 0. The summed E-state index contributed by atoms with van der Waals surface area (Å²) in [5.74, 6) is -0.292. The first kappa shape index (κ1) is 16.4. The van der Waals surface area contributed by atoms with Gasteiger partial charge in [-0.2, -0.15) is 0 Å². The number of ether oxygens (including phenoxy) is 2. The van der Waals surface area contributed by atoms with Gasteiger partial charge in [-0.3, -0.25) is 4.79 Å². The normalized spacial score (nSPS) is 22.3. The molecule has 112 valence electrons. The van der Waals surface area contributed by atoms with Gasteiger partial charge in [0, 0.05) is 13.2 Å². The number of carbonyl (C=O) groups excluding carboxylic acids is 1. The van der Waals surface area contributed by atoms with Crippen molar-refractivity contribution in [1.82, 2.24) is 5.32 Å². The second-order valence-corrected chi connectivity index (χ2v) is 5.44. The van der Waals surface area contributed by atoms with Crippen LogP contribution >= 0.6 is 0 Å². The highest BCUT2D eigenvalue weighted by Crippen LogP contribution is 2.14. The van der Waals surface area contributed by atoms with Gasteiger partial charge in [-0.25, -0.2) is 0 Å². The van der Waals surface area contributed by atoms with Crippen LogP contribution in [-0.4, -0.2) is 43.9 Å². The summed E-state index contributed by atoms with van der Waals surface area (Å²) in [6.07, 6.45) is 5.00. The first-order valence-corrected chi connectivity index (χ1v) is 7.33. The van der Waals surface area contributed by atoms with Gasteiger partial charge in [-0.05, 0) is 45.6 Å². The van der Waals surface area contributed by atoms with E-state index in [1.807, 2.05) is 6.92 Å². The molecule has 0 aromatic heterocycles. The van der Waals surface area contributed by atoms with Crippen LogP contribution in [0, 0.1) is 0 Å². The lowest BCUT2D eigenvalue weighted by molar-refractivity contribution is -0.124. The lowest BCUT2D eigenvalue weighted by atomic mass is 9.95. The third-order valence-corrected chi connectivity index (χ3v) is 3.60. The summed E-state index contributed by atoms with van der Waals surface area (Å²) < 4.78 is 11.1. The van der Waals surface area contributed by atoms with Crippen molar-refractivity contribution in [2.24, 2.45) is 5.73 Å². The maximum absolute atomic E-state index is 11.5. The Labute approximate surface area is 116 Å². The van der Waals surface area contributed by atoms with Crippen LogP contribution in [-0.2, 0) is 14.3 Å². The van der Waals surface area contributed by atoms with E-state index in [1.165, 1.54) is 0 Å². The van der Waals surface area contributed by atoms with Gasteiger partial charge in [0.2, 0.25) is 5.91 Å². The van der Waals surface area contributed by atoms with E-state index in [1.54, 1.807) is 0 Å². The van der Waals surface area contributed by atoms with E-state index in [-0.39, 0.29) is 12.0 Å². The van der Waals surface area contributed by atoms with Gasteiger partial charge in [-0.1, -0.05) is 6.92 Å². The lowest BCUT2D eigenvalue weighted by Crippen LogP contribution is -2.53. The van der Waals surface area contributed by atoms with Crippen LogP contribution < -0.4 is 11.1 Å². The van der Waals surface area contributed by atoms with E-state index < -0.39 is 5.54 Å². The zero-order chi connectivity index (χ0) is 14.1. The predicted octanol–water partition coefficient (Wildman–Crippen LogP) is 1.21. The number of nitrogens with one attached hydrogen (secondary N) is 1. The Balaban J connectivity index is 2.15. The summed E-state index contributed by atoms with van der Waals surface area (Å²) in [6.45, 7) is 6.90. The smallest absolute Gasteiger partial charge is 0.237 e. The van der Waals surface area contributed by atoms with Crippen LogP contribution in [0.15, 0.2) is 0 Å². The fraction of sp³-hybridized carbons (Fsp3) is 0.929. The number of rotatable bonds is 10. The standard InChI is InChI=1S/C14H28N2O3/c1-3-8-16-14(2,13(15)17)7-5-9-18-11-12-6-4-10-19-12/h12,16H,3-11H2,1-2H3,(H2,15,17). The van der Waals surface area contributed by atoms with Gasteiger partial charge >= 0.3 is 0 Å². The molecular formula is C14H28N2O3. The topological polar surface area (TPSA) is 73.6 Å². The van der Waals surface area contributed by atoms with Crippen LogP contribution in [0.4, 0.5) is 0 Å². The molecule has 1 rings (SSSR count). The highest BCUT2D eigenvalue weighted by atomic mass is 16.5. The summed E-state index contributed by atoms with van der Waals surface area (Å²) in [5.41, 5.74) is 4.84. The molecule has 0 bridgehead atoms. The molecule has 0 saturated carbocycles. The second-order valence-electron chi connectivity index (χ2n) is 5.44. The number of amides is 1. The van der Waals surface area contributed by atoms with E-state index in [0.29, 0.717) is 19.6 Å². The largest absolute Gasteiger partial charge is 0.379 e. The molecule has 5 heteroatoms. The molecule has 1 fully saturated rings. The average molecular weight is 272 g/mol. The Kier molecular flexibility index (Phi) is 7.34. The van der Waals surface area contributed by atoms with Gasteiger partial charge in [0.15, 0.2) is 0 Å². The van der Waals surface area contributed by atoms with Crippen LogP contribution in [0.5, 0.6) is 0 Å². The number of hydrogen-bond donors (Lipinski definition) is 2. The molecule has 2 unspecified atom stereocenters. The van der Waals surface area contributed by atoms with Gasteiger partial charge in [0.25, 0.3) is 0 Å². The molecule has 0 aliphatic carbocycles. The number of hydrogen-bond acceptors (Lipinski definition) is 4. The van der Waals surface area contributed by atoms with Crippen molar-refractivity contribution in [1.29, 1.82) is 0 Å². The molecule has 1 amide bonds. The monoisotopic (exact) mass is 272 g/mol. The Morgan fingerprint density at radius 1 is 1.58 bits per heavy atom. The third-order valence-electron chi connectivity index (χ3n) is 3.60. The molecule has 5 nitrogen and oxygen atoms in total. The van der Waals surface area contributed by atoms with Crippen molar-refractivity contribution in [2.75, 3.05) is 26.4 Å². The SMILES string of the molecule is CCCNC(C)(CCCOCC1CCCO1)C(N)=O. The first-order chi connectivity index (χ1) is 9.08. The minimum Gasteiger partial charge on any atom is -0.379 e. The molecule has 1 aliphatic rings. The second kappa shape index (κ2) is 8.51. The molecule has 2 atom stereocenters. The fourth-order valence-corrected chi connectivity index (χ4v) is 2.22. The maximum Gasteiger partial charge on any atom is 0.237 e. The number of primary amides is 1. The summed E-state index contributed by atoms with van der Waals surface area (Å²) in [7, 11) is 0. The highest BCUT2D eigenvalue weighted by Gasteiger charge is 2.29. The van der Waals surface area contributed by atoms with Crippen molar-refractivity contribution in [3.05, 3.63) is 0 Å². The van der Waals surface area contributed by atoms with Crippen LogP contribution in [0.3, 0.4) is 0 Å². The van der Waals surface area contributed by atoms with Crippen LogP contribution in [0.2, 0.25) is 0 Å². The predicted molar refractivity (Wildman–Crippen MR) is 74.9 cm³/mol. The molecule has 1 aliphatic heterocycles. The quantitative estimate of drug-likeness (QED) is 0.586. The number of nitrogens with two attached hydrogens (primary N) is 1. The summed E-state index contributed by atoms with van der Waals surface area (Å²) in [4.78, 5) is 11.5.